The highest BCUT2D eigenvalue weighted by molar-refractivity contribution is 6.01. The van der Waals surface area contributed by atoms with E-state index in [4.69, 9.17) is 5.26 Å². The highest BCUT2D eigenvalue weighted by atomic mass is 16.1. The van der Waals surface area contributed by atoms with Gasteiger partial charge in [0.2, 0.25) is 0 Å². The number of benzene rings is 1. The number of anilines is 1. The Morgan fingerprint density at radius 1 is 1.43 bits per heavy atom. The van der Waals surface area contributed by atoms with E-state index >= 15 is 0 Å². The summed E-state index contributed by atoms with van der Waals surface area (Å²) >= 11 is 0. The molecule has 1 aliphatic rings. The Morgan fingerprint density at radius 2 is 2.13 bits per heavy atom. The van der Waals surface area contributed by atoms with Gasteiger partial charge in [0.15, 0.2) is 0 Å². The number of nitrogens with one attached hydrogen (secondary N) is 1. The Morgan fingerprint density at radius 3 is 2.70 bits per heavy atom. The van der Waals surface area contributed by atoms with Crippen LogP contribution in [-0.4, -0.2) is 25.0 Å². The lowest BCUT2D eigenvalue weighted by Gasteiger charge is -2.42. The Labute approximate surface area is 138 Å². The molecule has 1 aliphatic heterocycles. The molecule has 0 fully saturated rings. The van der Waals surface area contributed by atoms with E-state index in [9.17, 15) is 4.79 Å². The lowest BCUT2D eigenvalue weighted by Crippen LogP contribution is -2.44. The van der Waals surface area contributed by atoms with E-state index in [1.807, 2.05) is 18.2 Å². The second-order valence-corrected chi connectivity index (χ2v) is 6.25. The van der Waals surface area contributed by atoms with Gasteiger partial charge in [-0.05, 0) is 57.0 Å². The fraction of sp³-hybridized carbons (Fsp3) is 0.368. The number of carbonyl (C=O) groups excluding carboxylic acids is 1. The second-order valence-electron chi connectivity index (χ2n) is 6.25. The van der Waals surface area contributed by atoms with Crippen molar-refractivity contribution in [1.82, 2.24) is 5.32 Å². The van der Waals surface area contributed by atoms with Crippen LogP contribution in [0.25, 0.3) is 11.6 Å². The van der Waals surface area contributed by atoms with E-state index in [1.165, 1.54) is 18.3 Å². The van der Waals surface area contributed by atoms with E-state index < -0.39 is 0 Å². The van der Waals surface area contributed by atoms with E-state index in [1.54, 1.807) is 6.08 Å². The molecular formula is C19H23N3O. The van der Waals surface area contributed by atoms with Crippen LogP contribution in [0, 0.1) is 11.3 Å². The first-order valence-corrected chi connectivity index (χ1v) is 7.79. The maximum absolute atomic E-state index is 11.7. The van der Waals surface area contributed by atoms with Crippen molar-refractivity contribution in [1.29, 1.82) is 5.26 Å². The Hall–Kier alpha value is -2.54. The topological polar surface area (TPSA) is 56.1 Å². The van der Waals surface area contributed by atoms with Gasteiger partial charge in [-0.2, -0.15) is 5.26 Å². The molecule has 0 unspecified atom stereocenters. The van der Waals surface area contributed by atoms with Crippen LogP contribution in [0.5, 0.6) is 0 Å². The summed E-state index contributed by atoms with van der Waals surface area (Å²) in [5.74, 6) is -0.367. The molecule has 1 aromatic rings. The summed E-state index contributed by atoms with van der Waals surface area (Å²) in [5, 5.41) is 11.6. The van der Waals surface area contributed by atoms with Gasteiger partial charge >= 0.3 is 0 Å². The second kappa shape index (κ2) is 6.29. The fourth-order valence-electron chi connectivity index (χ4n) is 3.22. The van der Waals surface area contributed by atoms with Crippen LogP contribution in [-0.2, 0) is 4.79 Å². The van der Waals surface area contributed by atoms with Crippen LogP contribution in [0.15, 0.2) is 29.8 Å². The molecule has 1 heterocycles. The van der Waals surface area contributed by atoms with Crippen molar-refractivity contribution in [2.45, 2.75) is 33.2 Å². The molecule has 0 bridgehead atoms. The lowest BCUT2D eigenvalue weighted by molar-refractivity contribution is -0.116. The van der Waals surface area contributed by atoms with Gasteiger partial charge in [-0.25, -0.2) is 0 Å². The molecule has 120 valence electrons. The lowest BCUT2D eigenvalue weighted by atomic mass is 9.88. The van der Waals surface area contributed by atoms with E-state index in [0.29, 0.717) is 0 Å². The molecule has 23 heavy (non-hydrogen) atoms. The Kier molecular flexibility index (Phi) is 4.60. The van der Waals surface area contributed by atoms with Crippen molar-refractivity contribution in [2.24, 2.45) is 0 Å². The average Bonchev–Trinajstić information content (AvgIpc) is 2.51. The van der Waals surface area contributed by atoms with Crippen molar-refractivity contribution in [3.05, 3.63) is 41.0 Å². The summed E-state index contributed by atoms with van der Waals surface area (Å²) < 4.78 is 0. The maximum atomic E-state index is 11.7. The van der Waals surface area contributed by atoms with Crippen LogP contribution in [0.4, 0.5) is 5.69 Å². The zero-order valence-corrected chi connectivity index (χ0v) is 14.4. The largest absolute Gasteiger partial charge is 0.363 e. The molecule has 4 nitrogen and oxygen atoms in total. The molecular weight excluding hydrogens is 286 g/mol. The summed E-state index contributed by atoms with van der Waals surface area (Å²) in [4.78, 5) is 14.0. The highest BCUT2D eigenvalue weighted by Crippen LogP contribution is 2.39. The van der Waals surface area contributed by atoms with Gasteiger partial charge < -0.3 is 10.2 Å². The summed E-state index contributed by atoms with van der Waals surface area (Å²) in [6, 6.07) is 8.02. The summed E-state index contributed by atoms with van der Waals surface area (Å²) in [6.07, 6.45) is 3.89. The molecule has 0 aliphatic carbocycles. The predicted molar refractivity (Wildman–Crippen MR) is 94.8 cm³/mol. The van der Waals surface area contributed by atoms with Gasteiger partial charge in [0.25, 0.3) is 5.91 Å². The molecule has 1 amide bonds. The van der Waals surface area contributed by atoms with Gasteiger partial charge in [-0.1, -0.05) is 12.1 Å². The number of nitriles is 1. The number of hydrogen-bond acceptors (Lipinski definition) is 3. The molecule has 0 aromatic heterocycles. The first kappa shape index (κ1) is 16.8. The normalized spacial score (nSPS) is 16.3. The SMILES string of the molecule is CCN1c2ccc(/C=C(\C#N)C(=O)NC)cc2C(C)=CC1(C)C. The van der Waals surface area contributed by atoms with Crippen LogP contribution >= 0.6 is 0 Å². The number of amides is 1. The standard InChI is InChI=1S/C19H23N3O/c1-6-22-17-8-7-14(9-15(12-20)18(23)21-5)10-16(17)13(2)11-19(22,3)4/h7-11H,6H2,1-5H3,(H,21,23)/b15-9+. The molecule has 0 atom stereocenters. The zero-order valence-electron chi connectivity index (χ0n) is 14.4. The molecule has 4 heteroatoms. The average molecular weight is 309 g/mol. The molecule has 0 saturated carbocycles. The van der Waals surface area contributed by atoms with E-state index in [2.05, 4.69) is 50.1 Å². The van der Waals surface area contributed by atoms with Crippen LogP contribution in [0.3, 0.4) is 0 Å². The minimum Gasteiger partial charge on any atom is -0.363 e. The number of fused-ring (bicyclic) bond motifs is 1. The predicted octanol–water partition coefficient (Wildman–Crippen LogP) is 3.36. The van der Waals surface area contributed by atoms with Crippen molar-refractivity contribution in [2.75, 3.05) is 18.5 Å². The van der Waals surface area contributed by atoms with Gasteiger partial charge in [0, 0.05) is 24.8 Å². The zero-order chi connectivity index (χ0) is 17.2. The third-order valence-electron chi connectivity index (χ3n) is 4.22. The van der Waals surface area contributed by atoms with Crippen molar-refractivity contribution in [3.63, 3.8) is 0 Å². The summed E-state index contributed by atoms with van der Waals surface area (Å²) in [7, 11) is 1.52. The molecule has 0 radical (unpaired) electrons. The number of carbonyl (C=O) groups is 1. The van der Waals surface area contributed by atoms with Crippen LogP contribution < -0.4 is 10.2 Å². The van der Waals surface area contributed by atoms with Gasteiger partial charge in [-0.15, -0.1) is 0 Å². The number of likely N-dealkylation sites (N-methyl/N-ethyl adjacent to an activating group) is 2. The Balaban J connectivity index is 2.53. The van der Waals surface area contributed by atoms with Gasteiger partial charge in [-0.3, -0.25) is 4.79 Å². The number of nitrogens with zero attached hydrogens (tertiary/aromatic N) is 2. The molecule has 2 rings (SSSR count). The number of rotatable bonds is 3. The van der Waals surface area contributed by atoms with Gasteiger partial charge in [0.1, 0.15) is 11.6 Å². The van der Waals surface area contributed by atoms with E-state index in [0.717, 1.165) is 17.7 Å². The first-order valence-electron chi connectivity index (χ1n) is 7.79. The van der Waals surface area contributed by atoms with Gasteiger partial charge in [0.05, 0.1) is 5.54 Å². The van der Waals surface area contributed by atoms with Crippen LogP contribution in [0.2, 0.25) is 0 Å². The smallest absolute Gasteiger partial charge is 0.261 e. The van der Waals surface area contributed by atoms with Crippen molar-refractivity contribution in [3.8, 4) is 6.07 Å². The maximum Gasteiger partial charge on any atom is 0.261 e. The first-order chi connectivity index (χ1) is 10.8. The minimum absolute atomic E-state index is 0.0247. The molecule has 0 saturated heterocycles. The minimum atomic E-state index is -0.367. The number of allylic oxidation sites excluding steroid dienone is 1. The van der Waals surface area contributed by atoms with Crippen LogP contribution in [0.1, 0.15) is 38.8 Å². The fourth-order valence-corrected chi connectivity index (χ4v) is 3.22. The summed E-state index contributed by atoms with van der Waals surface area (Å²) in [6.45, 7) is 9.57. The third-order valence-corrected chi connectivity index (χ3v) is 4.22. The summed E-state index contributed by atoms with van der Waals surface area (Å²) in [5.41, 5.74) is 4.49. The molecule has 0 spiro atoms. The number of hydrogen-bond donors (Lipinski definition) is 1. The molecule has 1 N–H and O–H groups in total. The van der Waals surface area contributed by atoms with E-state index in [-0.39, 0.29) is 17.0 Å². The Bertz CT molecular complexity index is 735. The molecule has 1 aromatic carbocycles. The van der Waals surface area contributed by atoms with Crippen molar-refractivity contribution >= 4 is 23.2 Å². The third kappa shape index (κ3) is 3.14. The van der Waals surface area contributed by atoms with Crippen molar-refractivity contribution < 1.29 is 4.79 Å². The monoisotopic (exact) mass is 309 g/mol. The highest BCUT2D eigenvalue weighted by Gasteiger charge is 2.29. The quantitative estimate of drug-likeness (QED) is 0.688.